The summed E-state index contributed by atoms with van der Waals surface area (Å²) in [6.45, 7) is 4.79. The van der Waals surface area contributed by atoms with Gasteiger partial charge in [0, 0.05) is 23.2 Å². The standard InChI is InChI=1S/C19H22ClN3O2/c1-3-15(4-2)21-19(24)23-11-10-16-17(22-25-18(16)23)9-8-13-6-5-7-14(20)12-13/h5-7,12,15-16,18H,3-4,10-11H2,1-2H3,(H,21,24). The topological polar surface area (TPSA) is 53.9 Å². The number of nitrogens with zero attached hydrogens (tertiary/aromatic N) is 2. The van der Waals surface area contributed by atoms with Gasteiger partial charge >= 0.3 is 6.03 Å². The van der Waals surface area contributed by atoms with E-state index in [-0.39, 0.29) is 24.2 Å². The van der Waals surface area contributed by atoms with Gasteiger partial charge in [-0.2, -0.15) is 0 Å². The fraction of sp³-hybridized carbons (Fsp3) is 0.474. The van der Waals surface area contributed by atoms with Gasteiger partial charge in [0.2, 0.25) is 6.23 Å². The van der Waals surface area contributed by atoms with Crippen LogP contribution in [0.3, 0.4) is 0 Å². The molecule has 25 heavy (non-hydrogen) atoms. The number of likely N-dealkylation sites (tertiary alicyclic amines) is 1. The van der Waals surface area contributed by atoms with Crippen LogP contribution in [0.15, 0.2) is 29.4 Å². The van der Waals surface area contributed by atoms with E-state index in [1.165, 1.54) is 0 Å². The molecule has 0 aromatic heterocycles. The summed E-state index contributed by atoms with van der Waals surface area (Å²) >= 11 is 5.97. The molecule has 0 bridgehead atoms. The molecule has 2 aliphatic rings. The number of urea groups is 1. The zero-order valence-electron chi connectivity index (χ0n) is 14.5. The molecule has 3 rings (SSSR count). The maximum atomic E-state index is 12.5. The maximum absolute atomic E-state index is 12.5. The summed E-state index contributed by atoms with van der Waals surface area (Å²) < 4.78 is 0. The summed E-state index contributed by atoms with van der Waals surface area (Å²) in [4.78, 5) is 19.7. The molecule has 2 unspecified atom stereocenters. The van der Waals surface area contributed by atoms with E-state index in [1.807, 2.05) is 24.3 Å². The van der Waals surface area contributed by atoms with Crippen molar-refractivity contribution in [3.63, 3.8) is 0 Å². The van der Waals surface area contributed by atoms with Crippen LogP contribution in [0.2, 0.25) is 5.02 Å². The smallest absolute Gasteiger partial charge is 0.320 e. The minimum absolute atomic E-state index is 0.0409. The Morgan fingerprint density at radius 3 is 2.96 bits per heavy atom. The molecule has 2 heterocycles. The van der Waals surface area contributed by atoms with Crippen LogP contribution in [-0.2, 0) is 4.84 Å². The molecule has 5 nitrogen and oxygen atoms in total. The Morgan fingerprint density at radius 1 is 1.44 bits per heavy atom. The molecular formula is C19H22ClN3O2. The van der Waals surface area contributed by atoms with Gasteiger partial charge in [0.25, 0.3) is 0 Å². The largest absolute Gasteiger partial charge is 0.369 e. The van der Waals surface area contributed by atoms with Crippen molar-refractivity contribution in [1.29, 1.82) is 0 Å². The monoisotopic (exact) mass is 359 g/mol. The zero-order valence-corrected chi connectivity index (χ0v) is 15.2. The molecule has 132 valence electrons. The van der Waals surface area contributed by atoms with Gasteiger partial charge in [-0.3, -0.25) is 4.90 Å². The van der Waals surface area contributed by atoms with Crippen molar-refractivity contribution in [3.8, 4) is 11.8 Å². The third-order valence-electron chi connectivity index (χ3n) is 4.68. The van der Waals surface area contributed by atoms with E-state index in [1.54, 1.807) is 4.90 Å². The average molecular weight is 360 g/mol. The Morgan fingerprint density at radius 2 is 2.24 bits per heavy atom. The van der Waals surface area contributed by atoms with Crippen LogP contribution in [0.1, 0.15) is 38.7 Å². The van der Waals surface area contributed by atoms with Crippen molar-refractivity contribution in [2.24, 2.45) is 11.1 Å². The Bertz CT molecular complexity index is 734. The van der Waals surface area contributed by atoms with Crippen LogP contribution in [0.5, 0.6) is 0 Å². The lowest BCUT2D eigenvalue weighted by Crippen LogP contribution is -2.47. The molecule has 1 fully saturated rings. The maximum Gasteiger partial charge on any atom is 0.320 e. The summed E-state index contributed by atoms with van der Waals surface area (Å²) in [6, 6.07) is 7.49. The zero-order chi connectivity index (χ0) is 17.8. The second kappa shape index (κ2) is 7.79. The van der Waals surface area contributed by atoms with Gasteiger partial charge in [-0.15, -0.1) is 0 Å². The molecule has 0 saturated carbocycles. The molecule has 0 spiro atoms. The Hall–Kier alpha value is -2.19. The Labute approximate surface area is 153 Å². The number of nitrogens with one attached hydrogen (secondary N) is 1. The molecule has 1 saturated heterocycles. The van der Waals surface area contributed by atoms with E-state index in [0.717, 1.165) is 24.8 Å². The average Bonchev–Trinajstić information content (AvgIpc) is 3.20. The lowest BCUT2D eigenvalue weighted by molar-refractivity contribution is -0.00683. The third-order valence-corrected chi connectivity index (χ3v) is 4.91. The minimum Gasteiger partial charge on any atom is -0.369 e. The lowest BCUT2D eigenvalue weighted by atomic mass is 10.0. The van der Waals surface area contributed by atoms with Crippen molar-refractivity contribution in [3.05, 3.63) is 34.9 Å². The summed E-state index contributed by atoms with van der Waals surface area (Å²) in [7, 11) is 0. The van der Waals surface area contributed by atoms with Crippen molar-refractivity contribution in [1.82, 2.24) is 10.2 Å². The first-order chi connectivity index (χ1) is 12.1. The highest BCUT2D eigenvalue weighted by Crippen LogP contribution is 2.31. The number of hydrogen-bond donors (Lipinski definition) is 1. The number of amides is 2. The fourth-order valence-corrected chi connectivity index (χ4v) is 3.32. The molecule has 0 aliphatic carbocycles. The van der Waals surface area contributed by atoms with Crippen molar-refractivity contribution in [2.45, 2.75) is 45.4 Å². The van der Waals surface area contributed by atoms with Gasteiger partial charge < -0.3 is 10.2 Å². The molecule has 1 N–H and O–H groups in total. The van der Waals surface area contributed by atoms with Crippen LogP contribution in [0.4, 0.5) is 4.79 Å². The number of carbonyl (C=O) groups is 1. The third kappa shape index (κ3) is 3.91. The first-order valence-electron chi connectivity index (χ1n) is 8.70. The number of hydrogen-bond acceptors (Lipinski definition) is 3. The normalized spacial score (nSPS) is 21.3. The van der Waals surface area contributed by atoms with E-state index in [0.29, 0.717) is 17.3 Å². The quantitative estimate of drug-likeness (QED) is 0.838. The van der Waals surface area contributed by atoms with E-state index in [9.17, 15) is 4.79 Å². The van der Waals surface area contributed by atoms with Crippen LogP contribution in [0, 0.1) is 17.8 Å². The minimum atomic E-state index is -0.349. The summed E-state index contributed by atoms with van der Waals surface area (Å²) in [5.41, 5.74) is 1.53. The van der Waals surface area contributed by atoms with Crippen molar-refractivity contribution >= 4 is 23.3 Å². The van der Waals surface area contributed by atoms with E-state index in [2.05, 4.69) is 36.2 Å². The summed E-state index contributed by atoms with van der Waals surface area (Å²) in [5.74, 6) is 6.19. The first-order valence-corrected chi connectivity index (χ1v) is 9.08. The summed E-state index contributed by atoms with van der Waals surface area (Å²) in [5, 5.41) is 7.81. The van der Waals surface area contributed by atoms with Crippen molar-refractivity contribution in [2.75, 3.05) is 6.54 Å². The van der Waals surface area contributed by atoms with Gasteiger partial charge in [0.05, 0.1) is 5.92 Å². The number of oxime groups is 1. The number of carbonyl (C=O) groups excluding carboxylic acids is 1. The molecule has 1 aromatic carbocycles. The number of benzene rings is 1. The lowest BCUT2D eigenvalue weighted by Gasteiger charge is -2.25. The molecular weight excluding hydrogens is 338 g/mol. The van der Waals surface area contributed by atoms with Crippen LogP contribution in [-0.4, -0.2) is 35.5 Å². The first kappa shape index (κ1) is 17.6. The van der Waals surface area contributed by atoms with Crippen LogP contribution < -0.4 is 5.32 Å². The second-order valence-electron chi connectivity index (χ2n) is 6.28. The molecule has 0 radical (unpaired) electrons. The van der Waals surface area contributed by atoms with Crippen LogP contribution in [0.25, 0.3) is 0 Å². The molecule has 2 amide bonds. The van der Waals surface area contributed by atoms with Gasteiger partial charge in [-0.05, 0) is 43.4 Å². The fourth-order valence-electron chi connectivity index (χ4n) is 3.13. The molecule has 2 atom stereocenters. The highest BCUT2D eigenvalue weighted by atomic mass is 35.5. The number of halogens is 1. The van der Waals surface area contributed by atoms with Gasteiger partial charge in [0.15, 0.2) is 0 Å². The predicted octanol–water partition coefficient (Wildman–Crippen LogP) is 3.62. The molecule has 6 heteroatoms. The van der Waals surface area contributed by atoms with Gasteiger partial charge in [0.1, 0.15) is 5.71 Å². The predicted molar refractivity (Wildman–Crippen MR) is 98.4 cm³/mol. The van der Waals surface area contributed by atoms with Crippen LogP contribution >= 0.6 is 11.6 Å². The van der Waals surface area contributed by atoms with Crippen molar-refractivity contribution < 1.29 is 9.63 Å². The Balaban J connectivity index is 1.65. The Kier molecular flexibility index (Phi) is 5.50. The van der Waals surface area contributed by atoms with Gasteiger partial charge in [-0.25, -0.2) is 4.79 Å². The van der Waals surface area contributed by atoms with E-state index >= 15 is 0 Å². The van der Waals surface area contributed by atoms with Gasteiger partial charge in [-0.1, -0.05) is 42.6 Å². The number of rotatable bonds is 3. The highest BCUT2D eigenvalue weighted by molar-refractivity contribution is 6.30. The summed E-state index contributed by atoms with van der Waals surface area (Å²) in [6.07, 6.45) is 2.29. The molecule has 2 aliphatic heterocycles. The SMILES string of the molecule is CCC(CC)NC(=O)N1CCC2C(C#Cc3cccc(Cl)c3)=NOC21. The molecule has 1 aromatic rings. The highest BCUT2D eigenvalue weighted by Gasteiger charge is 2.45. The van der Waals surface area contributed by atoms with E-state index in [4.69, 9.17) is 16.4 Å². The van der Waals surface area contributed by atoms with E-state index < -0.39 is 0 Å². The number of fused-ring (bicyclic) bond motifs is 1. The second-order valence-corrected chi connectivity index (χ2v) is 6.72.